The average Bonchev–Trinajstić information content (AvgIpc) is 3.19. The number of nitrogens with zero attached hydrogens (tertiary/aromatic N) is 3. The number of aromatic nitrogens is 4. The van der Waals surface area contributed by atoms with E-state index >= 15 is 0 Å². The van der Waals surface area contributed by atoms with Crippen molar-refractivity contribution in [2.24, 2.45) is 5.92 Å². The van der Waals surface area contributed by atoms with Crippen molar-refractivity contribution in [3.8, 4) is 5.95 Å². The van der Waals surface area contributed by atoms with Gasteiger partial charge in [-0.15, -0.1) is 0 Å². The highest BCUT2D eigenvalue weighted by atomic mass is 16.1. The summed E-state index contributed by atoms with van der Waals surface area (Å²) in [5, 5.41) is 4.55. The van der Waals surface area contributed by atoms with Crippen molar-refractivity contribution in [3.63, 3.8) is 0 Å². The Morgan fingerprint density at radius 3 is 2.50 bits per heavy atom. The number of hydrogen-bond acceptors (Lipinski definition) is 4. The Balaban J connectivity index is 1.75. The van der Waals surface area contributed by atoms with Crippen LogP contribution in [-0.2, 0) is 11.2 Å². The second-order valence-electron chi connectivity index (χ2n) is 7.55. The SMILES string of the molecule is Cc1nn(-c2nc(C)c(C)c(=O)[nH]2)c(C)c1CCC(=O)CC1CCCC1. The molecule has 0 atom stereocenters. The lowest BCUT2D eigenvalue weighted by Gasteiger charge is -2.08. The molecule has 0 unspecified atom stereocenters. The molecule has 2 aromatic heterocycles. The fraction of sp³-hybridized carbons (Fsp3) is 0.600. The highest BCUT2D eigenvalue weighted by molar-refractivity contribution is 5.79. The van der Waals surface area contributed by atoms with Crippen LogP contribution in [0.4, 0.5) is 0 Å². The molecule has 2 heterocycles. The maximum atomic E-state index is 12.3. The van der Waals surface area contributed by atoms with Crippen LogP contribution in [-0.4, -0.2) is 25.5 Å². The Kier molecular flexibility index (Phi) is 5.39. The lowest BCUT2D eigenvalue weighted by atomic mass is 9.97. The standard InChI is InChI=1S/C20H28N4O2/c1-12-13(2)21-20(22-19(12)26)24-15(4)18(14(3)23-24)10-9-17(25)11-16-7-5-6-8-16/h16H,5-11H2,1-4H3,(H,21,22,26). The number of H-pyrrole nitrogens is 1. The molecule has 1 N–H and O–H groups in total. The van der Waals surface area contributed by atoms with Crippen LogP contribution in [0.15, 0.2) is 4.79 Å². The summed E-state index contributed by atoms with van der Waals surface area (Å²) in [5.41, 5.74) is 4.07. The Morgan fingerprint density at radius 1 is 1.15 bits per heavy atom. The van der Waals surface area contributed by atoms with Crippen LogP contribution >= 0.6 is 0 Å². The summed E-state index contributed by atoms with van der Waals surface area (Å²) in [6.07, 6.45) is 6.91. The van der Waals surface area contributed by atoms with Gasteiger partial charge in [0.2, 0.25) is 5.95 Å². The molecule has 1 aliphatic carbocycles. The molecular weight excluding hydrogens is 328 g/mol. The number of ketones is 1. The summed E-state index contributed by atoms with van der Waals surface area (Å²) in [4.78, 5) is 31.6. The molecule has 140 valence electrons. The molecule has 1 aliphatic rings. The number of carbonyl (C=O) groups is 1. The number of aromatic amines is 1. The molecule has 0 bridgehead atoms. The van der Waals surface area contributed by atoms with Crippen molar-refractivity contribution in [2.45, 2.75) is 72.6 Å². The van der Waals surface area contributed by atoms with Crippen molar-refractivity contribution < 1.29 is 4.79 Å². The number of nitrogens with one attached hydrogen (secondary N) is 1. The second-order valence-corrected chi connectivity index (χ2v) is 7.55. The van der Waals surface area contributed by atoms with Crippen LogP contribution in [0.2, 0.25) is 0 Å². The summed E-state index contributed by atoms with van der Waals surface area (Å²) in [6, 6.07) is 0. The molecule has 26 heavy (non-hydrogen) atoms. The molecule has 2 aromatic rings. The summed E-state index contributed by atoms with van der Waals surface area (Å²) in [6.45, 7) is 7.49. The van der Waals surface area contributed by atoms with Crippen molar-refractivity contribution in [1.82, 2.24) is 19.7 Å². The highest BCUT2D eigenvalue weighted by Crippen LogP contribution is 2.28. The van der Waals surface area contributed by atoms with Crippen LogP contribution in [0, 0.1) is 33.6 Å². The van der Waals surface area contributed by atoms with Crippen LogP contribution in [0.1, 0.15) is 66.7 Å². The monoisotopic (exact) mass is 356 g/mol. The van der Waals surface area contributed by atoms with E-state index in [1.807, 2.05) is 20.8 Å². The molecule has 6 nitrogen and oxygen atoms in total. The average molecular weight is 356 g/mol. The molecule has 0 spiro atoms. The van der Waals surface area contributed by atoms with E-state index in [0.717, 1.165) is 23.4 Å². The van der Waals surface area contributed by atoms with E-state index in [0.29, 0.717) is 41.7 Å². The third-order valence-electron chi connectivity index (χ3n) is 5.67. The van der Waals surface area contributed by atoms with Gasteiger partial charge in [0.1, 0.15) is 5.78 Å². The van der Waals surface area contributed by atoms with Gasteiger partial charge >= 0.3 is 0 Å². The van der Waals surface area contributed by atoms with Gasteiger partial charge in [-0.05, 0) is 45.6 Å². The molecule has 0 radical (unpaired) electrons. The number of hydrogen-bond donors (Lipinski definition) is 1. The zero-order valence-corrected chi connectivity index (χ0v) is 16.2. The smallest absolute Gasteiger partial charge is 0.255 e. The first-order valence-electron chi connectivity index (χ1n) is 9.51. The fourth-order valence-corrected chi connectivity index (χ4v) is 3.88. The third kappa shape index (κ3) is 3.79. The number of Topliss-reactive ketones (excluding diaryl/α,β-unsaturated/α-hetero) is 1. The van der Waals surface area contributed by atoms with Gasteiger partial charge in [-0.25, -0.2) is 9.67 Å². The zero-order chi connectivity index (χ0) is 18.8. The molecule has 0 aliphatic heterocycles. The zero-order valence-electron chi connectivity index (χ0n) is 16.2. The minimum atomic E-state index is -0.145. The Morgan fingerprint density at radius 2 is 1.85 bits per heavy atom. The first kappa shape index (κ1) is 18.5. The normalized spacial score (nSPS) is 14.9. The van der Waals surface area contributed by atoms with Crippen LogP contribution in [0.25, 0.3) is 5.95 Å². The van der Waals surface area contributed by atoms with Gasteiger partial charge < -0.3 is 0 Å². The Bertz CT molecular complexity index is 873. The summed E-state index contributed by atoms with van der Waals surface area (Å²) in [7, 11) is 0. The van der Waals surface area contributed by atoms with E-state index in [1.165, 1.54) is 25.7 Å². The van der Waals surface area contributed by atoms with Crippen molar-refractivity contribution in [1.29, 1.82) is 0 Å². The third-order valence-corrected chi connectivity index (χ3v) is 5.67. The molecule has 3 rings (SSSR count). The molecule has 0 amide bonds. The Labute approximate surface area is 154 Å². The maximum Gasteiger partial charge on any atom is 0.255 e. The molecule has 6 heteroatoms. The lowest BCUT2D eigenvalue weighted by Crippen LogP contribution is -2.18. The summed E-state index contributed by atoms with van der Waals surface area (Å²) < 4.78 is 1.68. The summed E-state index contributed by atoms with van der Waals surface area (Å²) >= 11 is 0. The van der Waals surface area contributed by atoms with Gasteiger partial charge in [0, 0.05) is 29.8 Å². The first-order valence-corrected chi connectivity index (χ1v) is 9.51. The van der Waals surface area contributed by atoms with Gasteiger partial charge in [0.15, 0.2) is 0 Å². The van der Waals surface area contributed by atoms with Gasteiger partial charge in [0.05, 0.1) is 5.69 Å². The van der Waals surface area contributed by atoms with E-state index in [4.69, 9.17) is 0 Å². The number of rotatable bonds is 6. The van der Waals surface area contributed by atoms with Crippen LogP contribution < -0.4 is 5.56 Å². The van der Waals surface area contributed by atoms with Crippen molar-refractivity contribution in [3.05, 3.63) is 38.6 Å². The number of aryl methyl sites for hydroxylation is 2. The van der Waals surface area contributed by atoms with Crippen molar-refractivity contribution >= 4 is 5.78 Å². The fourth-order valence-electron chi connectivity index (χ4n) is 3.88. The maximum absolute atomic E-state index is 12.3. The van der Waals surface area contributed by atoms with Gasteiger partial charge in [-0.2, -0.15) is 5.10 Å². The molecular formula is C20H28N4O2. The van der Waals surface area contributed by atoms with Gasteiger partial charge in [0.25, 0.3) is 5.56 Å². The highest BCUT2D eigenvalue weighted by Gasteiger charge is 2.20. The summed E-state index contributed by atoms with van der Waals surface area (Å²) in [5.74, 6) is 1.38. The largest absolute Gasteiger partial charge is 0.300 e. The predicted octanol–water partition coefficient (Wildman–Crippen LogP) is 3.27. The van der Waals surface area contributed by atoms with E-state index in [9.17, 15) is 9.59 Å². The van der Waals surface area contributed by atoms with Gasteiger partial charge in [-0.3, -0.25) is 14.6 Å². The molecule has 0 aromatic carbocycles. The molecule has 1 saturated carbocycles. The minimum absolute atomic E-state index is 0.145. The van der Waals surface area contributed by atoms with Crippen molar-refractivity contribution in [2.75, 3.05) is 0 Å². The van der Waals surface area contributed by atoms with Crippen LogP contribution in [0.5, 0.6) is 0 Å². The topological polar surface area (TPSA) is 80.6 Å². The quantitative estimate of drug-likeness (QED) is 0.861. The predicted molar refractivity (Wildman–Crippen MR) is 101 cm³/mol. The molecule has 1 fully saturated rings. The van der Waals surface area contributed by atoms with Crippen LogP contribution in [0.3, 0.4) is 0 Å². The van der Waals surface area contributed by atoms with E-state index in [-0.39, 0.29) is 5.56 Å². The second kappa shape index (κ2) is 7.56. The molecule has 0 saturated heterocycles. The lowest BCUT2D eigenvalue weighted by molar-refractivity contribution is -0.119. The minimum Gasteiger partial charge on any atom is -0.300 e. The van der Waals surface area contributed by atoms with Gasteiger partial charge in [-0.1, -0.05) is 25.7 Å². The number of carbonyl (C=O) groups excluding carboxylic acids is 1. The van der Waals surface area contributed by atoms with E-state index < -0.39 is 0 Å². The van der Waals surface area contributed by atoms with E-state index in [1.54, 1.807) is 11.6 Å². The first-order chi connectivity index (χ1) is 12.4. The van der Waals surface area contributed by atoms with E-state index in [2.05, 4.69) is 15.1 Å². The Hall–Kier alpha value is -2.24.